The molecule has 1 aromatic heterocycles. The Morgan fingerprint density at radius 3 is 2.35 bits per heavy atom. The van der Waals surface area contributed by atoms with Gasteiger partial charge in [0.15, 0.2) is 0 Å². The van der Waals surface area contributed by atoms with Crippen molar-refractivity contribution in [2.75, 3.05) is 16.8 Å². The highest BCUT2D eigenvalue weighted by molar-refractivity contribution is 5.85. The first-order valence-electron chi connectivity index (χ1n) is 6.14. The van der Waals surface area contributed by atoms with E-state index in [0.717, 1.165) is 11.4 Å². The summed E-state index contributed by atoms with van der Waals surface area (Å²) in [4.78, 5) is 0. The van der Waals surface area contributed by atoms with Gasteiger partial charge < -0.3 is 21.9 Å². The molecule has 2 rings (SSSR count). The van der Waals surface area contributed by atoms with Crippen molar-refractivity contribution in [3.8, 4) is 5.75 Å². The van der Waals surface area contributed by atoms with Crippen molar-refractivity contribution in [3.63, 3.8) is 0 Å². The van der Waals surface area contributed by atoms with E-state index < -0.39 is 0 Å². The zero-order chi connectivity index (χ0) is 14.0. The van der Waals surface area contributed by atoms with E-state index in [1.54, 1.807) is 28.9 Å². The number of benzene rings is 1. The molecule has 0 bridgehead atoms. The van der Waals surface area contributed by atoms with Crippen LogP contribution < -0.4 is 16.8 Å². The topological polar surface area (TPSA) is 102 Å². The standard InChI is InChI=1S/C13H19N5O.ClH/c1-8(2)18-13(15)12(14)11(17-18)7-16-9-3-5-10(19)6-4-9;/h3-6,8,16,19H,7,14-15H2,1-2H3;1H. The SMILES string of the molecule is CC(C)n1nc(CNc2ccc(O)cc2)c(N)c1N.Cl. The fraction of sp³-hybridized carbons (Fsp3) is 0.308. The number of halogens is 1. The number of nitrogens with zero attached hydrogens (tertiary/aromatic N) is 2. The first-order chi connectivity index (χ1) is 8.99. The molecule has 0 atom stereocenters. The van der Waals surface area contributed by atoms with E-state index >= 15 is 0 Å². The van der Waals surface area contributed by atoms with Crippen molar-refractivity contribution < 1.29 is 5.11 Å². The van der Waals surface area contributed by atoms with Crippen LogP contribution in [0.3, 0.4) is 0 Å². The van der Waals surface area contributed by atoms with Crippen molar-refractivity contribution in [1.29, 1.82) is 0 Å². The van der Waals surface area contributed by atoms with Crippen LogP contribution in [-0.2, 0) is 6.54 Å². The van der Waals surface area contributed by atoms with Crippen LogP contribution in [0.5, 0.6) is 5.75 Å². The Hall–Kier alpha value is -2.08. The largest absolute Gasteiger partial charge is 0.508 e. The molecular weight excluding hydrogens is 278 g/mol. The number of nitrogen functional groups attached to an aromatic ring is 2. The summed E-state index contributed by atoms with van der Waals surface area (Å²) in [5, 5.41) is 16.8. The molecule has 0 aliphatic rings. The van der Waals surface area contributed by atoms with Crippen molar-refractivity contribution in [2.24, 2.45) is 0 Å². The molecular formula is C13H20ClN5O. The van der Waals surface area contributed by atoms with Gasteiger partial charge in [-0.1, -0.05) is 0 Å². The van der Waals surface area contributed by atoms with Gasteiger partial charge in [-0.2, -0.15) is 5.10 Å². The Morgan fingerprint density at radius 2 is 1.85 bits per heavy atom. The van der Waals surface area contributed by atoms with Crippen LogP contribution >= 0.6 is 12.4 Å². The highest BCUT2D eigenvalue weighted by atomic mass is 35.5. The van der Waals surface area contributed by atoms with E-state index in [1.165, 1.54) is 0 Å². The summed E-state index contributed by atoms with van der Waals surface area (Å²) in [6.45, 7) is 4.49. The number of hydrogen-bond donors (Lipinski definition) is 4. The highest BCUT2D eigenvalue weighted by Crippen LogP contribution is 2.24. The molecule has 1 aromatic carbocycles. The first-order valence-corrected chi connectivity index (χ1v) is 6.14. The van der Waals surface area contributed by atoms with Gasteiger partial charge in [-0.3, -0.25) is 0 Å². The third-order valence-electron chi connectivity index (χ3n) is 2.88. The zero-order valence-corrected chi connectivity index (χ0v) is 12.3. The molecule has 0 saturated heterocycles. The Balaban J connectivity index is 0.00000200. The fourth-order valence-electron chi connectivity index (χ4n) is 1.80. The molecule has 0 saturated carbocycles. The summed E-state index contributed by atoms with van der Waals surface area (Å²) < 4.78 is 1.71. The second kappa shape index (κ2) is 6.38. The molecule has 2 aromatic rings. The lowest BCUT2D eigenvalue weighted by atomic mass is 10.3. The minimum atomic E-state index is 0. The lowest BCUT2D eigenvalue weighted by molar-refractivity contribution is 0.475. The van der Waals surface area contributed by atoms with Gasteiger partial charge in [-0.05, 0) is 38.1 Å². The van der Waals surface area contributed by atoms with E-state index in [4.69, 9.17) is 11.5 Å². The second-order valence-electron chi connectivity index (χ2n) is 4.68. The minimum Gasteiger partial charge on any atom is -0.508 e. The lowest BCUT2D eigenvalue weighted by Crippen LogP contribution is -2.07. The van der Waals surface area contributed by atoms with Crippen molar-refractivity contribution >= 4 is 29.6 Å². The Morgan fingerprint density at radius 1 is 1.25 bits per heavy atom. The average molecular weight is 298 g/mol. The third kappa shape index (κ3) is 3.27. The highest BCUT2D eigenvalue weighted by Gasteiger charge is 2.14. The number of anilines is 3. The van der Waals surface area contributed by atoms with Gasteiger partial charge in [-0.15, -0.1) is 12.4 Å². The smallest absolute Gasteiger partial charge is 0.145 e. The van der Waals surface area contributed by atoms with Gasteiger partial charge in [0, 0.05) is 11.7 Å². The van der Waals surface area contributed by atoms with Gasteiger partial charge in [0.1, 0.15) is 17.3 Å². The maximum absolute atomic E-state index is 9.21. The van der Waals surface area contributed by atoms with Crippen LogP contribution in [0.2, 0.25) is 0 Å². The molecule has 0 aliphatic heterocycles. The van der Waals surface area contributed by atoms with E-state index in [1.807, 2.05) is 13.8 Å². The molecule has 0 radical (unpaired) electrons. The van der Waals surface area contributed by atoms with Gasteiger partial charge in [-0.25, -0.2) is 4.68 Å². The summed E-state index contributed by atoms with van der Waals surface area (Å²) in [6.07, 6.45) is 0. The Bertz CT molecular complexity index is 565. The molecule has 6 nitrogen and oxygen atoms in total. The van der Waals surface area contributed by atoms with Crippen LogP contribution in [0.4, 0.5) is 17.2 Å². The minimum absolute atomic E-state index is 0. The van der Waals surface area contributed by atoms with E-state index in [2.05, 4.69) is 10.4 Å². The van der Waals surface area contributed by atoms with Crippen LogP contribution in [0.25, 0.3) is 0 Å². The van der Waals surface area contributed by atoms with Gasteiger partial charge >= 0.3 is 0 Å². The molecule has 0 spiro atoms. The van der Waals surface area contributed by atoms with Crippen molar-refractivity contribution in [3.05, 3.63) is 30.0 Å². The molecule has 7 heteroatoms. The predicted molar refractivity (Wildman–Crippen MR) is 84.1 cm³/mol. The summed E-state index contributed by atoms with van der Waals surface area (Å²) >= 11 is 0. The van der Waals surface area contributed by atoms with Crippen molar-refractivity contribution in [2.45, 2.75) is 26.4 Å². The molecule has 0 unspecified atom stereocenters. The van der Waals surface area contributed by atoms with Crippen LogP contribution in [0.1, 0.15) is 25.6 Å². The predicted octanol–water partition coefficient (Wildman–Crippen LogP) is 2.37. The summed E-state index contributed by atoms with van der Waals surface area (Å²) in [7, 11) is 0. The number of phenolic OH excluding ortho intramolecular Hbond substituents is 1. The maximum atomic E-state index is 9.21. The van der Waals surface area contributed by atoms with Crippen molar-refractivity contribution in [1.82, 2.24) is 9.78 Å². The Kier molecular flexibility index (Phi) is 5.10. The molecule has 110 valence electrons. The fourth-order valence-corrected chi connectivity index (χ4v) is 1.80. The number of aromatic nitrogens is 2. The lowest BCUT2D eigenvalue weighted by Gasteiger charge is -2.06. The number of aromatic hydroxyl groups is 1. The van der Waals surface area contributed by atoms with Crippen LogP contribution in [-0.4, -0.2) is 14.9 Å². The molecule has 0 fully saturated rings. The van der Waals surface area contributed by atoms with Gasteiger partial charge in [0.05, 0.1) is 12.2 Å². The zero-order valence-electron chi connectivity index (χ0n) is 11.5. The normalized spacial score (nSPS) is 10.3. The quantitative estimate of drug-likeness (QED) is 0.649. The second-order valence-corrected chi connectivity index (χ2v) is 4.68. The number of rotatable bonds is 4. The Labute approximate surface area is 124 Å². The third-order valence-corrected chi connectivity index (χ3v) is 2.88. The van der Waals surface area contributed by atoms with E-state index in [9.17, 15) is 5.11 Å². The molecule has 6 N–H and O–H groups in total. The van der Waals surface area contributed by atoms with Crippen LogP contribution in [0.15, 0.2) is 24.3 Å². The summed E-state index contributed by atoms with van der Waals surface area (Å²) in [5.74, 6) is 0.732. The molecule has 20 heavy (non-hydrogen) atoms. The van der Waals surface area contributed by atoms with Gasteiger partial charge in [0.2, 0.25) is 0 Å². The monoisotopic (exact) mass is 297 g/mol. The molecule has 0 aliphatic carbocycles. The van der Waals surface area contributed by atoms with Gasteiger partial charge in [0.25, 0.3) is 0 Å². The number of hydrogen-bond acceptors (Lipinski definition) is 5. The van der Waals surface area contributed by atoms with E-state index in [-0.39, 0.29) is 24.2 Å². The van der Waals surface area contributed by atoms with Crippen LogP contribution in [0, 0.1) is 0 Å². The number of nitrogens with two attached hydrogens (primary N) is 2. The summed E-state index contributed by atoms with van der Waals surface area (Å²) in [6, 6.07) is 6.98. The maximum Gasteiger partial charge on any atom is 0.145 e. The molecule has 1 heterocycles. The molecule has 0 amide bonds. The number of nitrogens with one attached hydrogen (secondary N) is 1. The first kappa shape index (κ1) is 16.0. The van der Waals surface area contributed by atoms with E-state index in [0.29, 0.717) is 18.1 Å². The number of phenols is 1. The summed E-state index contributed by atoms with van der Waals surface area (Å²) in [5.41, 5.74) is 14.0. The average Bonchev–Trinajstić information content (AvgIpc) is 2.66.